The molecule has 0 aliphatic heterocycles. The molecule has 0 bridgehead atoms. The normalized spacial score (nSPS) is 10.5. The highest BCUT2D eigenvalue weighted by atomic mass is 35.5. The molecule has 17 heavy (non-hydrogen) atoms. The van der Waals surface area contributed by atoms with Gasteiger partial charge in [-0.2, -0.15) is 0 Å². The third-order valence-corrected chi connectivity index (χ3v) is 3.38. The number of hydrogen-bond donors (Lipinski definition) is 0. The van der Waals surface area contributed by atoms with Crippen LogP contribution in [0.5, 0.6) is 10.9 Å². The fourth-order valence-corrected chi connectivity index (χ4v) is 2.14. The lowest BCUT2D eigenvalue weighted by Crippen LogP contribution is -1.95. The van der Waals surface area contributed by atoms with E-state index in [0.29, 0.717) is 11.1 Å². The fraction of sp³-hybridized carbons (Fsp3) is 0.364. The molecule has 0 spiro atoms. The van der Waals surface area contributed by atoms with Crippen LogP contribution >= 0.6 is 22.9 Å². The Balaban J connectivity index is 2.23. The maximum Gasteiger partial charge on any atom is 0.299 e. The van der Waals surface area contributed by atoms with Gasteiger partial charge in [-0.1, -0.05) is 23.4 Å². The molecule has 0 radical (unpaired) electrons. The van der Waals surface area contributed by atoms with E-state index in [2.05, 4.69) is 15.2 Å². The van der Waals surface area contributed by atoms with E-state index in [9.17, 15) is 0 Å². The minimum Gasteiger partial charge on any atom is -0.428 e. The van der Waals surface area contributed by atoms with Crippen LogP contribution in [0, 0.1) is 6.92 Å². The van der Waals surface area contributed by atoms with E-state index in [1.54, 1.807) is 0 Å². The lowest BCUT2D eigenvalue weighted by Gasteiger charge is -2.06. The lowest BCUT2D eigenvalue weighted by atomic mass is 10.2. The van der Waals surface area contributed by atoms with Crippen molar-refractivity contribution >= 4 is 22.9 Å². The van der Waals surface area contributed by atoms with Crippen molar-refractivity contribution in [2.24, 2.45) is 0 Å². The first kappa shape index (κ1) is 12.3. The molecular weight excluding hydrogens is 258 g/mol. The van der Waals surface area contributed by atoms with E-state index < -0.39 is 0 Å². The van der Waals surface area contributed by atoms with Crippen molar-refractivity contribution in [3.63, 3.8) is 0 Å². The van der Waals surface area contributed by atoms with Gasteiger partial charge in [0, 0.05) is 5.69 Å². The SMILES string of the molecule is CCc1nc(C)ccc1Oc1nnc(CCl)s1. The zero-order valence-corrected chi connectivity index (χ0v) is 11.2. The molecule has 0 fully saturated rings. The predicted octanol–water partition coefficient (Wildman–Crippen LogP) is 3.34. The van der Waals surface area contributed by atoms with E-state index in [-0.39, 0.29) is 0 Å². The summed E-state index contributed by atoms with van der Waals surface area (Å²) in [4.78, 5) is 4.42. The van der Waals surface area contributed by atoms with Crippen molar-refractivity contribution < 1.29 is 4.74 Å². The molecule has 4 nitrogen and oxygen atoms in total. The van der Waals surface area contributed by atoms with Crippen LogP contribution in [0.4, 0.5) is 0 Å². The second-order valence-corrected chi connectivity index (χ2v) is 4.74. The first-order valence-corrected chi connectivity index (χ1v) is 6.60. The van der Waals surface area contributed by atoms with Crippen LogP contribution < -0.4 is 4.74 Å². The number of alkyl halides is 1. The van der Waals surface area contributed by atoms with Gasteiger partial charge in [0.2, 0.25) is 0 Å². The Hall–Kier alpha value is -1.20. The van der Waals surface area contributed by atoms with E-state index in [1.165, 1.54) is 11.3 Å². The quantitative estimate of drug-likeness (QED) is 0.799. The van der Waals surface area contributed by atoms with Crippen molar-refractivity contribution in [1.29, 1.82) is 0 Å². The molecule has 0 saturated carbocycles. The van der Waals surface area contributed by atoms with E-state index in [0.717, 1.165) is 28.6 Å². The summed E-state index contributed by atoms with van der Waals surface area (Å²) in [7, 11) is 0. The van der Waals surface area contributed by atoms with Gasteiger partial charge < -0.3 is 4.74 Å². The van der Waals surface area contributed by atoms with Gasteiger partial charge in [0.1, 0.15) is 5.01 Å². The molecule has 0 aliphatic rings. The maximum absolute atomic E-state index is 5.66. The zero-order valence-electron chi connectivity index (χ0n) is 9.61. The number of ether oxygens (including phenoxy) is 1. The smallest absolute Gasteiger partial charge is 0.299 e. The number of halogens is 1. The molecule has 0 atom stereocenters. The van der Waals surface area contributed by atoms with Crippen LogP contribution in [0.1, 0.15) is 23.3 Å². The first-order chi connectivity index (χ1) is 8.22. The Kier molecular flexibility index (Phi) is 3.91. The third-order valence-electron chi connectivity index (χ3n) is 2.17. The molecule has 6 heteroatoms. The second kappa shape index (κ2) is 5.42. The molecule has 2 aromatic heterocycles. The van der Waals surface area contributed by atoms with Gasteiger partial charge in [0.15, 0.2) is 5.75 Å². The van der Waals surface area contributed by atoms with Crippen LogP contribution in [-0.2, 0) is 12.3 Å². The highest BCUT2D eigenvalue weighted by Crippen LogP contribution is 2.27. The molecule has 2 rings (SSSR count). The molecular formula is C11H12ClN3OS. The Morgan fingerprint density at radius 3 is 2.82 bits per heavy atom. The Morgan fingerprint density at radius 1 is 1.35 bits per heavy atom. The van der Waals surface area contributed by atoms with Crippen molar-refractivity contribution in [3.8, 4) is 10.9 Å². The summed E-state index contributed by atoms with van der Waals surface area (Å²) in [6, 6.07) is 3.82. The van der Waals surface area contributed by atoms with Crippen molar-refractivity contribution in [3.05, 3.63) is 28.5 Å². The van der Waals surface area contributed by atoms with E-state index in [1.807, 2.05) is 26.0 Å². The minimum atomic E-state index is 0.355. The number of nitrogens with zero attached hydrogens (tertiary/aromatic N) is 3. The molecule has 2 aromatic rings. The Bertz CT molecular complexity index is 515. The van der Waals surface area contributed by atoms with Gasteiger partial charge in [0.25, 0.3) is 5.19 Å². The summed E-state index contributed by atoms with van der Waals surface area (Å²) in [5, 5.41) is 9.06. The van der Waals surface area contributed by atoms with Gasteiger partial charge in [-0.3, -0.25) is 4.98 Å². The standard InChI is InChI=1S/C11H12ClN3OS/c1-3-8-9(5-4-7(2)13-8)16-11-15-14-10(6-12)17-11/h4-5H,3,6H2,1-2H3. The summed E-state index contributed by atoms with van der Waals surface area (Å²) in [6.45, 7) is 4.00. The molecule has 0 aromatic carbocycles. The highest BCUT2D eigenvalue weighted by molar-refractivity contribution is 7.13. The minimum absolute atomic E-state index is 0.355. The highest BCUT2D eigenvalue weighted by Gasteiger charge is 2.09. The average molecular weight is 270 g/mol. The van der Waals surface area contributed by atoms with Gasteiger partial charge in [0.05, 0.1) is 11.6 Å². The van der Waals surface area contributed by atoms with E-state index >= 15 is 0 Å². The maximum atomic E-state index is 5.66. The Labute approximate surface area is 109 Å². The van der Waals surface area contributed by atoms with Gasteiger partial charge in [-0.25, -0.2) is 0 Å². The van der Waals surface area contributed by atoms with Crippen LogP contribution in [0.15, 0.2) is 12.1 Å². The van der Waals surface area contributed by atoms with Crippen LogP contribution in [0.2, 0.25) is 0 Å². The molecule has 0 aliphatic carbocycles. The van der Waals surface area contributed by atoms with Crippen molar-refractivity contribution in [1.82, 2.24) is 15.2 Å². The first-order valence-electron chi connectivity index (χ1n) is 5.25. The summed E-state index contributed by atoms with van der Waals surface area (Å²) in [5.74, 6) is 1.09. The largest absolute Gasteiger partial charge is 0.428 e. The molecule has 0 amide bonds. The number of rotatable bonds is 4. The molecule has 0 saturated heterocycles. The average Bonchev–Trinajstić information content (AvgIpc) is 2.79. The summed E-state index contributed by atoms with van der Waals surface area (Å²) in [6.07, 6.45) is 0.818. The Morgan fingerprint density at radius 2 is 2.18 bits per heavy atom. The number of hydrogen-bond acceptors (Lipinski definition) is 5. The van der Waals surface area contributed by atoms with Crippen molar-refractivity contribution in [2.45, 2.75) is 26.1 Å². The predicted molar refractivity (Wildman–Crippen MR) is 67.9 cm³/mol. The second-order valence-electron chi connectivity index (χ2n) is 3.45. The van der Waals surface area contributed by atoms with Gasteiger partial charge in [-0.05, 0) is 25.5 Å². The number of aromatic nitrogens is 3. The monoisotopic (exact) mass is 269 g/mol. The fourth-order valence-electron chi connectivity index (χ4n) is 1.37. The van der Waals surface area contributed by atoms with Crippen LogP contribution in [0.25, 0.3) is 0 Å². The van der Waals surface area contributed by atoms with Gasteiger partial charge in [-0.15, -0.1) is 16.7 Å². The molecule has 0 unspecified atom stereocenters. The van der Waals surface area contributed by atoms with Gasteiger partial charge >= 0.3 is 0 Å². The summed E-state index contributed by atoms with van der Waals surface area (Å²) < 4.78 is 5.66. The van der Waals surface area contributed by atoms with E-state index in [4.69, 9.17) is 16.3 Å². The topological polar surface area (TPSA) is 47.9 Å². The summed E-state index contributed by atoms with van der Waals surface area (Å²) >= 11 is 7.01. The molecule has 2 heterocycles. The lowest BCUT2D eigenvalue weighted by molar-refractivity contribution is 0.464. The molecule has 0 N–H and O–H groups in total. The molecule has 90 valence electrons. The van der Waals surface area contributed by atoms with Crippen LogP contribution in [-0.4, -0.2) is 15.2 Å². The number of pyridine rings is 1. The number of aryl methyl sites for hydroxylation is 2. The summed E-state index contributed by atoms with van der Waals surface area (Å²) in [5.41, 5.74) is 1.90. The zero-order chi connectivity index (χ0) is 12.3. The van der Waals surface area contributed by atoms with Crippen molar-refractivity contribution in [2.75, 3.05) is 0 Å². The van der Waals surface area contributed by atoms with Crippen LogP contribution in [0.3, 0.4) is 0 Å². The third kappa shape index (κ3) is 2.92.